The molecule has 0 aliphatic carbocycles. The van der Waals surface area contributed by atoms with Gasteiger partial charge in [0.25, 0.3) is 0 Å². The van der Waals surface area contributed by atoms with Gasteiger partial charge in [-0.15, -0.1) is 0 Å². The molecule has 0 amide bonds. The van der Waals surface area contributed by atoms with Gasteiger partial charge in [-0.25, -0.2) is 15.0 Å². The van der Waals surface area contributed by atoms with Crippen molar-refractivity contribution in [1.82, 2.24) is 19.5 Å². The molecule has 0 saturated carbocycles. The standard InChI is InChI=1S/C19H19BrN6/c1-25-14-22-11-18(25)13-26(19-12-23-17(9-21)10-24-19)8-2-3-15-4-6-16(20)7-5-15/h4-7,10-12,14H,2-3,8,13H2,1H3. The summed E-state index contributed by atoms with van der Waals surface area (Å²) in [5.41, 5.74) is 2.73. The van der Waals surface area contributed by atoms with Crippen molar-refractivity contribution in [2.75, 3.05) is 11.4 Å². The van der Waals surface area contributed by atoms with Crippen LogP contribution >= 0.6 is 15.9 Å². The van der Waals surface area contributed by atoms with Crippen LogP contribution in [0.15, 0.2) is 53.7 Å². The monoisotopic (exact) mass is 410 g/mol. The summed E-state index contributed by atoms with van der Waals surface area (Å²) in [5, 5.41) is 8.92. The molecule has 7 heteroatoms. The van der Waals surface area contributed by atoms with E-state index in [-0.39, 0.29) is 0 Å². The summed E-state index contributed by atoms with van der Waals surface area (Å²) in [5.74, 6) is 0.765. The number of anilines is 1. The van der Waals surface area contributed by atoms with Crippen LogP contribution in [-0.2, 0) is 20.0 Å². The largest absolute Gasteiger partial charge is 0.349 e. The van der Waals surface area contributed by atoms with Gasteiger partial charge in [0.1, 0.15) is 11.9 Å². The first kappa shape index (κ1) is 18.1. The van der Waals surface area contributed by atoms with Gasteiger partial charge in [-0.2, -0.15) is 5.26 Å². The number of hydrogen-bond donors (Lipinski definition) is 0. The van der Waals surface area contributed by atoms with Crippen LogP contribution in [0.5, 0.6) is 0 Å². The number of benzene rings is 1. The number of halogens is 1. The Morgan fingerprint density at radius 1 is 1.15 bits per heavy atom. The highest BCUT2D eigenvalue weighted by Crippen LogP contribution is 2.16. The molecule has 0 atom stereocenters. The molecule has 0 radical (unpaired) electrons. The van der Waals surface area contributed by atoms with Crippen molar-refractivity contribution in [3.05, 3.63) is 70.6 Å². The van der Waals surface area contributed by atoms with Crippen LogP contribution in [-0.4, -0.2) is 26.1 Å². The summed E-state index contributed by atoms with van der Waals surface area (Å²) in [6, 6.07) is 10.4. The molecule has 0 aliphatic heterocycles. The lowest BCUT2D eigenvalue weighted by Gasteiger charge is -2.23. The normalized spacial score (nSPS) is 10.5. The number of aromatic nitrogens is 4. The van der Waals surface area contributed by atoms with Gasteiger partial charge in [-0.3, -0.25) is 0 Å². The van der Waals surface area contributed by atoms with E-state index < -0.39 is 0 Å². The van der Waals surface area contributed by atoms with Gasteiger partial charge >= 0.3 is 0 Å². The van der Waals surface area contributed by atoms with Crippen LogP contribution in [0.2, 0.25) is 0 Å². The maximum absolute atomic E-state index is 8.92. The van der Waals surface area contributed by atoms with Crippen molar-refractivity contribution in [2.24, 2.45) is 7.05 Å². The van der Waals surface area contributed by atoms with Crippen LogP contribution in [0, 0.1) is 11.3 Å². The fourth-order valence-electron chi connectivity index (χ4n) is 2.67. The zero-order chi connectivity index (χ0) is 18.4. The quantitative estimate of drug-likeness (QED) is 0.595. The summed E-state index contributed by atoms with van der Waals surface area (Å²) < 4.78 is 3.09. The lowest BCUT2D eigenvalue weighted by atomic mass is 10.1. The Hall–Kier alpha value is -2.72. The molecule has 0 unspecified atom stereocenters. The molecular weight excluding hydrogens is 392 g/mol. The maximum atomic E-state index is 8.92. The number of rotatable bonds is 7. The number of nitriles is 1. The second-order valence-electron chi connectivity index (χ2n) is 6.02. The van der Waals surface area contributed by atoms with E-state index >= 15 is 0 Å². The van der Waals surface area contributed by atoms with Gasteiger partial charge < -0.3 is 9.47 Å². The molecule has 1 aromatic carbocycles. The highest BCUT2D eigenvalue weighted by Gasteiger charge is 2.12. The SMILES string of the molecule is Cn1cncc1CN(CCCc1ccc(Br)cc1)c1cnc(C#N)cn1. The number of aryl methyl sites for hydroxylation is 2. The summed E-state index contributed by atoms with van der Waals surface area (Å²) in [6.45, 7) is 1.53. The predicted molar refractivity (Wildman–Crippen MR) is 103 cm³/mol. The molecule has 0 bridgehead atoms. The molecule has 0 fully saturated rings. The average Bonchev–Trinajstić information content (AvgIpc) is 3.07. The summed E-state index contributed by atoms with van der Waals surface area (Å²) in [7, 11) is 1.98. The summed E-state index contributed by atoms with van der Waals surface area (Å²) in [4.78, 5) is 14.9. The molecule has 3 aromatic rings. The van der Waals surface area contributed by atoms with Crippen LogP contribution in [0.4, 0.5) is 5.82 Å². The predicted octanol–water partition coefficient (Wildman–Crippen LogP) is 3.48. The molecule has 2 aromatic heterocycles. The molecule has 6 nitrogen and oxygen atoms in total. The van der Waals surface area contributed by atoms with Crippen molar-refractivity contribution in [3.8, 4) is 6.07 Å². The molecule has 3 rings (SSSR count). The number of imidazole rings is 1. The van der Waals surface area contributed by atoms with E-state index in [4.69, 9.17) is 5.26 Å². The average molecular weight is 411 g/mol. The third-order valence-corrected chi connectivity index (χ3v) is 4.68. The van der Waals surface area contributed by atoms with E-state index in [1.165, 1.54) is 11.8 Å². The minimum atomic E-state index is 0.323. The van der Waals surface area contributed by atoms with Gasteiger partial charge in [0.2, 0.25) is 0 Å². The topological polar surface area (TPSA) is 70.6 Å². The first-order chi connectivity index (χ1) is 12.7. The second-order valence-corrected chi connectivity index (χ2v) is 6.93. The Morgan fingerprint density at radius 2 is 1.96 bits per heavy atom. The zero-order valence-electron chi connectivity index (χ0n) is 14.5. The molecule has 0 aliphatic rings. The summed E-state index contributed by atoms with van der Waals surface area (Å²) >= 11 is 3.46. The highest BCUT2D eigenvalue weighted by atomic mass is 79.9. The maximum Gasteiger partial charge on any atom is 0.158 e. The van der Waals surface area contributed by atoms with Gasteiger partial charge in [0.15, 0.2) is 5.69 Å². The van der Waals surface area contributed by atoms with Crippen molar-refractivity contribution < 1.29 is 0 Å². The molecule has 0 spiro atoms. The second kappa shape index (κ2) is 8.59. The minimum Gasteiger partial charge on any atom is -0.349 e. The lowest BCUT2D eigenvalue weighted by Crippen LogP contribution is -2.26. The van der Waals surface area contributed by atoms with Crippen LogP contribution in [0.3, 0.4) is 0 Å². The molecule has 2 heterocycles. The van der Waals surface area contributed by atoms with E-state index in [1.54, 1.807) is 12.5 Å². The smallest absolute Gasteiger partial charge is 0.158 e. The lowest BCUT2D eigenvalue weighted by molar-refractivity contribution is 0.688. The van der Waals surface area contributed by atoms with Crippen LogP contribution in [0.1, 0.15) is 23.4 Å². The van der Waals surface area contributed by atoms with Gasteiger partial charge in [-0.1, -0.05) is 28.1 Å². The Kier molecular flexibility index (Phi) is 5.97. The van der Waals surface area contributed by atoms with Crippen molar-refractivity contribution >= 4 is 21.7 Å². The van der Waals surface area contributed by atoms with Crippen LogP contribution in [0.25, 0.3) is 0 Å². The van der Waals surface area contributed by atoms with E-state index in [0.717, 1.165) is 35.4 Å². The Morgan fingerprint density at radius 3 is 2.58 bits per heavy atom. The van der Waals surface area contributed by atoms with E-state index in [1.807, 2.05) is 23.9 Å². The molecule has 0 N–H and O–H groups in total. The van der Waals surface area contributed by atoms with E-state index in [9.17, 15) is 0 Å². The van der Waals surface area contributed by atoms with Crippen LogP contribution < -0.4 is 4.90 Å². The van der Waals surface area contributed by atoms with Crippen molar-refractivity contribution in [2.45, 2.75) is 19.4 Å². The minimum absolute atomic E-state index is 0.323. The molecule has 26 heavy (non-hydrogen) atoms. The highest BCUT2D eigenvalue weighted by molar-refractivity contribution is 9.10. The third-order valence-electron chi connectivity index (χ3n) is 4.15. The van der Waals surface area contributed by atoms with Gasteiger partial charge in [0.05, 0.1) is 31.0 Å². The van der Waals surface area contributed by atoms with Gasteiger partial charge in [0, 0.05) is 24.3 Å². The molecule has 132 valence electrons. The van der Waals surface area contributed by atoms with E-state index in [0.29, 0.717) is 12.2 Å². The first-order valence-electron chi connectivity index (χ1n) is 8.32. The number of hydrogen-bond acceptors (Lipinski definition) is 5. The zero-order valence-corrected chi connectivity index (χ0v) is 16.1. The van der Waals surface area contributed by atoms with Crippen molar-refractivity contribution in [3.63, 3.8) is 0 Å². The van der Waals surface area contributed by atoms with Crippen molar-refractivity contribution in [1.29, 1.82) is 5.26 Å². The Balaban J connectivity index is 1.70. The fraction of sp³-hybridized carbons (Fsp3) is 0.263. The molecular formula is C19H19BrN6. The van der Waals surface area contributed by atoms with Gasteiger partial charge in [-0.05, 0) is 30.5 Å². The van der Waals surface area contributed by atoms with E-state index in [2.05, 4.69) is 60.0 Å². The fourth-order valence-corrected chi connectivity index (χ4v) is 2.94. The molecule has 0 saturated heterocycles. The summed E-state index contributed by atoms with van der Waals surface area (Å²) in [6.07, 6.45) is 8.80. The Bertz CT molecular complexity index is 880. The number of nitrogens with zero attached hydrogens (tertiary/aromatic N) is 6. The first-order valence-corrected chi connectivity index (χ1v) is 9.12. The third kappa shape index (κ3) is 4.67. The Labute approximate surface area is 161 Å².